The Hall–Kier alpha value is -1.76. The number of ether oxygens (including phenoxy) is 1. The zero-order valence-corrected chi connectivity index (χ0v) is 12.6. The lowest BCUT2D eigenvalue weighted by molar-refractivity contribution is 0.306. The fraction of sp³-hybridized carbons (Fsp3) is 0.400. The molecule has 0 radical (unpaired) electrons. The summed E-state index contributed by atoms with van der Waals surface area (Å²) in [5.74, 6) is 1.73. The standard InChI is InChI=1S/C20H24O/c1-2-7-11-18(10-6-1)19-12-14-20(15-13-19)21-16-17-8-4-3-5-9-17/h3-5,8-9,12-15,18H,1-2,6-7,10-11,16H2. The van der Waals surface area contributed by atoms with Crippen molar-refractivity contribution in [3.8, 4) is 5.75 Å². The minimum atomic E-state index is 0.642. The fourth-order valence-electron chi connectivity index (χ4n) is 3.19. The summed E-state index contributed by atoms with van der Waals surface area (Å²) in [7, 11) is 0. The molecule has 21 heavy (non-hydrogen) atoms. The van der Waals surface area contributed by atoms with Gasteiger partial charge in [0.2, 0.25) is 0 Å². The Labute approximate surface area is 128 Å². The van der Waals surface area contributed by atoms with E-state index < -0.39 is 0 Å². The van der Waals surface area contributed by atoms with Crippen LogP contribution in [0.4, 0.5) is 0 Å². The number of hydrogen-bond acceptors (Lipinski definition) is 1. The highest BCUT2D eigenvalue weighted by atomic mass is 16.5. The number of rotatable bonds is 4. The molecule has 0 aliphatic heterocycles. The van der Waals surface area contributed by atoms with Crippen molar-refractivity contribution in [2.75, 3.05) is 0 Å². The van der Waals surface area contributed by atoms with Crippen molar-refractivity contribution in [1.29, 1.82) is 0 Å². The van der Waals surface area contributed by atoms with Crippen LogP contribution >= 0.6 is 0 Å². The lowest BCUT2D eigenvalue weighted by Gasteiger charge is -2.15. The van der Waals surface area contributed by atoms with Crippen molar-refractivity contribution in [2.24, 2.45) is 0 Å². The molecule has 3 rings (SSSR count). The number of benzene rings is 2. The Morgan fingerprint density at radius 3 is 2.10 bits per heavy atom. The molecule has 0 spiro atoms. The Bertz CT molecular complexity index is 522. The summed E-state index contributed by atoms with van der Waals surface area (Å²) < 4.78 is 5.86. The van der Waals surface area contributed by atoms with E-state index in [0.717, 1.165) is 11.7 Å². The van der Waals surface area contributed by atoms with Crippen molar-refractivity contribution < 1.29 is 4.74 Å². The van der Waals surface area contributed by atoms with E-state index in [2.05, 4.69) is 36.4 Å². The molecule has 0 saturated heterocycles. The van der Waals surface area contributed by atoms with Gasteiger partial charge in [0.15, 0.2) is 0 Å². The molecule has 2 aromatic rings. The van der Waals surface area contributed by atoms with Crippen LogP contribution in [0, 0.1) is 0 Å². The van der Waals surface area contributed by atoms with Gasteiger partial charge in [-0.25, -0.2) is 0 Å². The monoisotopic (exact) mass is 280 g/mol. The highest BCUT2D eigenvalue weighted by Gasteiger charge is 2.14. The smallest absolute Gasteiger partial charge is 0.119 e. The molecule has 0 N–H and O–H groups in total. The van der Waals surface area contributed by atoms with Crippen molar-refractivity contribution in [1.82, 2.24) is 0 Å². The van der Waals surface area contributed by atoms with E-state index in [9.17, 15) is 0 Å². The molecule has 0 atom stereocenters. The Kier molecular flexibility index (Phi) is 4.94. The first-order valence-corrected chi connectivity index (χ1v) is 8.18. The first-order valence-electron chi connectivity index (χ1n) is 8.18. The molecule has 1 aliphatic carbocycles. The molecule has 0 bridgehead atoms. The third kappa shape index (κ3) is 4.10. The maximum absolute atomic E-state index is 5.86. The molecule has 1 nitrogen and oxygen atoms in total. The van der Waals surface area contributed by atoms with Gasteiger partial charge in [0.05, 0.1) is 0 Å². The molecule has 2 aromatic carbocycles. The average molecular weight is 280 g/mol. The van der Waals surface area contributed by atoms with Gasteiger partial charge >= 0.3 is 0 Å². The molecule has 0 heterocycles. The van der Waals surface area contributed by atoms with Gasteiger partial charge < -0.3 is 4.74 Å². The lowest BCUT2D eigenvalue weighted by atomic mass is 9.92. The van der Waals surface area contributed by atoms with E-state index in [1.54, 1.807) is 0 Å². The summed E-state index contributed by atoms with van der Waals surface area (Å²) in [6.45, 7) is 0.642. The molecule has 0 amide bonds. The van der Waals surface area contributed by atoms with E-state index in [1.807, 2.05) is 18.2 Å². The Morgan fingerprint density at radius 1 is 0.762 bits per heavy atom. The first kappa shape index (κ1) is 14.2. The SMILES string of the molecule is c1ccc(COc2ccc(C3CCCCCC3)cc2)cc1. The zero-order valence-electron chi connectivity index (χ0n) is 12.6. The van der Waals surface area contributed by atoms with Crippen molar-refractivity contribution in [3.05, 3.63) is 65.7 Å². The highest BCUT2D eigenvalue weighted by Crippen LogP contribution is 2.32. The van der Waals surface area contributed by atoms with Crippen LogP contribution in [0.25, 0.3) is 0 Å². The number of hydrogen-bond donors (Lipinski definition) is 0. The van der Waals surface area contributed by atoms with Gasteiger partial charge in [-0.05, 0) is 42.0 Å². The van der Waals surface area contributed by atoms with Gasteiger partial charge in [-0.3, -0.25) is 0 Å². The summed E-state index contributed by atoms with van der Waals surface area (Å²) in [4.78, 5) is 0. The summed E-state index contributed by atoms with van der Waals surface area (Å²) >= 11 is 0. The lowest BCUT2D eigenvalue weighted by Crippen LogP contribution is -1.98. The third-order valence-corrected chi connectivity index (χ3v) is 4.46. The maximum atomic E-state index is 5.86. The second-order valence-electron chi connectivity index (χ2n) is 6.03. The van der Waals surface area contributed by atoms with Gasteiger partial charge in [0, 0.05) is 0 Å². The van der Waals surface area contributed by atoms with Crippen molar-refractivity contribution in [2.45, 2.75) is 51.0 Å². The second-order valence-corrected chi connectivity index (χ2v) is 6.03. The minimum Gasteiger partial charge on any atom is -0.489 e. The molecule has 1 heteroatoms. The molecule has 1 fully saturated rings. The summed E-state index contributed by atoms with van der Waals surface area (Å²) in [6, 6.07) is 19.1. The topological polar surface area (TPSA) is 9.23 Å². The molecule has 0 unspecified atom stereocenters. The largest absolute Gasteiger partial charge is 0.489 e. The summed E-state index contributed by atoms with van der Waals surface area (Å²) in [6.07, 6.45) is 8.30. The summed E-state index contributed by atoms with van der Waals surface area (Å²) in [5, 5.41) is 0. The molecule has 1 aliphatic rings. The molecular formula is C20H24O. The average Bonchev–Trinajstić information content (AvgIpc) is 2.84. The molecular weight excluding hydrogens is 256 g/mol. The second kappa shape index (κ2) is 7.31. The van der Waals surface area contributed by atoms with Crippen molar-refractivity contribution >= 4 is 0 Å². The van der Waals surface area contributed by atoms with Gasteiger partial charge in [-0.1, -0.05) is 68.1 Å². The predicted octanol–water partition coefficient (Wildman–Crippen LogP) is 5.70. The van der Waals surface area contributed by atoms with Gasteiger partial charge in [-0.15, -0.1) is 0 Å². The van der Waals surface area contributed by atoms with Crippen LogP contribution in [-0.2, 0) is 6.61 Å². The summed E-state index contributed by atoms with van der Waals surface area (Å²) in [5.41, 5.74) is 2.70. The van der Waals surface area contributed by atoms with E-state index in [-0.39, 0.29) is 0 Å². The van der Waals surface area contributed by atoms with Crippen LogP contribution in [0.3, 0.4) is 0 Å². The Morgan fingerprint density at radius 2 is 1.43 bits per heavy atom. The van der Waals surface area contributed by atoms with Gasteiger partial charge in [0.1, 0.15) is 12.4 Å². The van der Waals surface area contributed by atoms with Crippen LogP contribution in [0.1, 0.15) is 55.6 Å². The van der Waals surface area contributed by atoms with E-state index in [0.29, 0.717) is 6.61 Å². The fourth-order valence-corrected chi connectivity index (χ4v) is 3.19. The molecule has 0 aromatic heterocycles. The van der Waals surface area contributed by atoms with E-state index >= 15 is 0 Å². The zero-order chi connectivity index (χ0) is 14.3. The quantitative estimate of drug-likeness (QED) is 0.652. The van der Waals surface area contributed by atoms with Crippen LogP contribution in [-0.4, -0.2) is 0 Å². The van der Waals surface area contributed by atoms with Crippen LogP contribution in [0.2, 0.25) is 0 Å². The molecule has 1 saturated carbocycles. The van der Waals surface area contributed by atoms with E-state index in [1.165, 1.54) is 49.7 Å². The predicted molar refractivity (Wildman–Crippen MR) is 87.7 cm³/mol. The van der Waals surface area contributed by atoms with Gasteiger partial charge in [-0.2, -0.15) is 0 Å². The first-order chi connectivity index (χ1) is 10.4. The van der Waals surface area contributed by atoms with Crippen LogP contribution < -0.4 is 4.74 Å². The maximum Gasteiger partial charge on any atom is 0.119 e. The van der Waals surface area contributed by atoms with E-state index in [4.69, 9.17) is 4.74 Å². The third-order valence-electron chi connectivity index (χ3n) is 4.46. The minimum absolute atomic E-state index is 0.642. The normalized spacial score (nSPS) is 16.4. The molecule has 110 valence electrons. The van der Waals surface area contributed by atoms with Crippen molar-refractivity contribution in [3.63, 3.8) is 0 Å². The van der Waals surface area contributed by atoms with Crippen LogP contribution in [0.15, 0.2) is 54.6 Å². The van der Waals surface area contributed by atoms with Crippen LogP contribution in [0.5, 0.6) is 5.75 Å². The van der Waals surface area contributed by atoms with Gasteiger partial charge in [0.25, 0.3) is 0 Å². The highest BCUT2D eigenvalue weighted by molar-refractivity contribution is 5.30. The Balaban J connectivity index is 1.58.